The second-order valence-corrected chi connectivity index (χ2v) is 11.6. The van der Waals surface area contributed by atoms with Crippen LogP contribution in [-0.2, 0) is 40.1 Å². The maximum atomic E-state index is 13.6. The fourth-order valence-electron chi connectivity index (χ4n) is 2.95. The molecule has 0 N–H and O–H groups in total. The Morgan fingerprint density at radius 3 is 1.72 bits per heavy atom. The number of rotatable bonds is 14. The molecule has 29 heavy (non-hydrogen) atoms. The van der Waals surface area contributed by atoms with E-state index >= 15 is 0 Å². The Morgan fingerprint density at radius 1 is 0.862 bits per heavy atom. The second kappa shape index (κ2) is 12.8. The van der Waals surface area contributed by atoms with Crippen LogP contribution in [0.15, 0.2) is 35.9 Å². The van der Waals surface area contributed by atoms with Crippen molar-refractivity contribution in [3.8, 4) is 0 Å². The maximum Gasteiger partial charge on any atom is 0.346 e. The first kappa shape index (κ1) is 26.3. The molecule has 0 bridgehead atoms. The normalized spacial score (nSPS) is 12.4. The summed E-state index contributed by atoms with van der Waals surface area (Å²) >= 11 is 0. The fraction of sp³-hybridized carbons (Fsp3) is 0.619. The molecule has 0 unspecified atom stereocenters. The molecule has 0 aliphatic heterocycles. The molecule has 0 spiro atoms. The molecule has 1 aromatic carbocycles. The van der Waals surface area contributed by atoms with Gasteiger partial charge in [-0.3, -0.25) is 9.13 Å². The van der Waals surface area contributed by atoms with Gasteiger partial charge >= 0.3 is 15.2 Å². The van der Waals surface area contributed by atoms with Gasteiger partial charge in [-0.25, -0.2) is 0 Å². The van der Waals surface area contributed by atoms with Crippen molar-refractivity contribution in [3.05, 3.63) is 47.0 Å². The summed E-state index contributed by atoms with van der Waals surface area (Å²) in [6.45, 7) is 11.7. The van der Waals surface area contributed by atoms with Gasteiger partial charge in [-0.15, -0.1) is 0 Å². The molecular weight excluding hydrogens is 410 g/mol. The average molecular weight is 446 g/mol. The van der Waals surface area contributed by atoms with Crippen LogP contribution in [0.4, 0.5) is 0 Å². The zero-order valence-corrected chi connectivity index (χ0v) is 20.3. The zero-order chi connectivity index (χ0) is 21.9. The third-order valence-corrected chi connectivity index (χ3v) is 10.1. The van der Waals surface area contributed by atoms with Crippen LogP contribution < -0.4 is 0 Å². The molecule has 0 aliphatic carbocycles. The van der Waals surface area contributed by atoms with E-state index in [1.807, 2.05) is 24.3 Å². The quantitative estimate of drug-likeness (QED) is 0.237. The first-order valence-electron chi connectivity index (χ1n) is 10.2. The zero-order valence-electron chi connectivity index (χ0n) is 18.6. The van der Waals surface area contributed by atoms with Gasteiger partial charge in [0, 0.05) is 0 Å². The second-order valence-electron chi connectivity index (χ2n) is 6.74. The molecule has 0 aromatic heterocycles. The number of hydrogen-bond donors (Lipinski definition) is 0. The molecule has 0 aliphatic rings. The van der Waals surface area contributed by atoms with Crippen LogP contribution in [0.2, 0.25) is 0 Å². The molecule has 1 aromatic rings. The van der Waals surface area contributed by atoms with Gasteiger partial charge in [0.2, 0.25) is 0 Å². The number of hydrogen-bond acceptors (Lipinski definition) is 6. The highest BCUT2D eigenvalue weighted by Crippen LogP contribution is 2.71. The molecule has 0 radical (unpaired) electrons. The standard InChI is InChI=1S/C21H36O6P2/c1-7-24-28(22,25-8-2)21(29(23,26-9-3)27-10-4)17-20-13-11-12-19(16-20)15-14-18(5)6/h11-14,16,21H,7-10,15,17H2,1-6H3. The van der Waals surface area contributed by atoms with Crippen molar-refractivity contribution in [2.24, 2.45) is 0 Å². The third-order valence-electron chi connectivity index (χ3n) is 4.12. The maximum absolute atomic E-state index is 13.6. The predicted octanol–water partition coefficient (Wildman–Crippen LogP) is 6.60. The van der Waals surface area contributed by atoms with Crippen molar-refractivity contribution in [1.29, 1.82) is 0 Å². The van der Waals surface area contributed by atoms with Gasteiger partial charge in [-0.2, -0.15) is 0 Å². The summed E-state index contributed by atoms with van der Waals surface area (Å²) in [5.74, 6) is 0. The van der Waals surface area contributed by atoms with Crippen LogP contribution in [-0.4, -0.2) is 31.8 Å². The molecule has 0 saturated heterocycles. The molecule has 0 amide bonds. The Bertz CT molecular complexity index is 692. The van der Waals surface area contributed by atoms with Gasteiger partial charge in [0.25, 0.3) is 0 Å². The highest BCUT2D eigenvalue weighted by molar-refractivity contribution is 7.72. The van der Waals surface area contributed by atoms with Crippen LogP contribution >= 0.6 is 15.2 Å². The van der Waals surface area contributed by atoms with E-state index in [1.165, 1.54) is 5.57 Å². The van der Waals surface area contributed by atoms with Gasteiger partial charge in [0.05, 0.1) is 26.4 Å². The van der Waals surface area contributed by atoms with Crippen LogP contribution in [0.5, 0.6) is 0 Å². The summed E-state index contributed by atoms with van der Waals surface area (Å²) in [5, 5.41) is -1.03. The summed E-state index contributed by atoms with van der Waals surface area (Å²) in [6.07, 6.45) is 3.15. The van der Waals surface area contributed by atoms with Crippen LogP contribution in [0.1, 0.15) is 52.7 Å². The van der Waals surface area contributed by atoms with Crippen molar-refractivity contribution in [1.82, 2.24) is 0 Å². The summed E-state index contributed by atoms with van der Waals surface area (Å²) in [5.41, 5.74) is 3.24. The van der Waals surface area contributed by atoms with Crippen molar-refractivity contribution in [3.63, 3.8) is 0 Å². The van der Waals surface area contributed by atoms with Crippen LogP contribution in [0, 0.1) is 0 Å². The van der Waals surface area contributed by atoms with E-state index in [1.54, 1.807) is 27.7 Å². The van der Waals surface area contributed by atoms with Gasteiger partial charge in [0.1, 0.15) is 0 Å². The van der Waals surface area contributed by atoms with E-state index in [4.69, 9.17) is 18.1 Å². The molecule has 166 valence electrons. The highest BCUT2D eigenvalue weighted by Gasteiger charge is 2.50. The molecule has 0 heterocycles. The molecule has 6 nitrogen and oxygen atoms in total. The lowest BCUT2D eigenvalue weighted by molar-refractivity contribution is 0.195. The Labute approximate surface area is 176 Å². The molecule has 0 saturated carbocycles. The lowest BCUT2D eigenvalue weighted by Gasteiger charge is -2.31. The highest BCUT2D eigenvalue weighted by atomic mass is 31.2. The van der Waals surface area contributed by atoms with Crippen molar-refractivity contribution >= 4 is 15.2 Å². The van der Waals surface area contributed by atoms with E-state index in [-0.39, 0.29) is 32.8 Å². The van der Waals surface area contributed by atoms with Crippen molar-refractivity contribution < 1.29 is 27.2 Å². The summed E-state index contributed by atoms with van der Waals surface area (Å²) < 4.78 is 49.4. The van der Waals surface area contributed by atoms with Gasteiger partial charge in [-0.1, -0.05) is 35.9 Å². The predicted molar refractivity (Wildman–Crippen MR) is 119 cm³/mol. The van der Waals surface area contributed by atoms with E-state index in [0.29, 0.717) is 0 Å². The Kier molecular flexibility index (Phi) is 11.6. The Hall–Kier alpha value is -0.740. The lowest BCUT2D eigenvalue weighted by Crippen LogP contribution is -2.20. The SMILES string of the molecule is CCOP(=O)(OCC)C(Cc1cccc(CC=C(C)C)c1)P(=O)(OCC)OCC. The first-order valence-corrected chi connectivity index (χ1v) is 13.5. The third kappa shape index (κ3) is 8.13. The monoisotopic (exact) mass is 446 g/mol. The fourth-order valence-corrected chi connectivity index (χ4v) is 8.28. The minimum absolute atomic E-state index is 0.173. The molecular formula is C21H36O6P2. The lowest BCUT2D eigenvalue weighted by atomic mass is 10.1. The minimum Gasteiger partial charge on any atom is -0.308 e. The van der Waals surface area contributed by atoms with Crippen LogP contribution in [0.3, 0.4) is 0 Å². The van der Waals surface area contributed by atoms with E-state index in [9.17, 15) is 9.13 Å². The Balaban J connectivity index is 3.37. The van der Waals surface area contributed by atoms with E-state index in [2.05, 4.69) is 19.9 Å². The van der Waals surface area contributed by atoms with Crippen molar-refractivity contribution in [2.75, 3.05) is 26.4 Å². The smallest absolute Gasteiger partial charge is 0.308 e. The summed E-state index contributed by atoms with van der Waals surface area (Å²) in [7, 11) is -7.49. The van der Waals surface area contributed by atoms with Gasteiger partial charge < -0.3 is 18.1 Å². The number of benzene rings is 1. The largest absolute Gasteiger partial charge is 0.346 e. The van der Waals surface area contributed by atoms with Crippen LogP contribution in [0.25, 0.3) is 0 Å². The summed E-state index contributed by atoms with van der Waals surface area (Å²) in [4.78, 5) is 0. The topological polar surface area (TPSA) is 71.1 Å². The number of allylic oxidation sites excluding steroid dienone is 2. The molecule has 0 fully saturated rings. The van der Waals surface area contributed by atoms with E-state index in [0.717, 1.165) is 17.5 Å². The molecule has 8 heteroatoms. The molecule has 1 rings (SSSR count). The summed E-state index contributed by atoms with van der Waals surface area (Å²) in [6, 6.07) is 7.92. The molecule has 0 atom stereocenters. The first-order chi connectivity index (χ1) is 13.7. The Morgan fingerprint density at radius 2 is 1.31 bits per heavy atom. The minimum atomic E-state index is -3.75. The van der Waals surface area contributed by atoms with Gasteiger partial charge in [-0.05, 0) is 65.5 Å². The van der Waals surface area contributed by atoms with E-state index < -0.39 is 20.6 Å². The van der Waals surface area contributed by atoms with Crippen molar-refractivity contribution in [2.45, 2.75) is 59.8 Å². The van der Waals surface area contributed by atoms with Gasteiger partial charge in [0.15, 0.2) is 5.40 Å². The average Bonchev–Trinajstić information content (AvgIpc) is 2.65.